The number of hydrogen-bond acceptors (Lipinski definition) is 1. The molecule has 1 aromatic rings. The maximum absolute atomic E-state index is 11.3. The molecule has 0 heterocycles. The van der Waals surface area contributed by atoms with Crippen LogP contribution in [0.15, 0.2) is 48.1 Å². The second-order valence-electron chi connectivity index (χ2n) is 7.98. The maximum Gasteiger partial charge on any atom is 0.178 e. The fourth-order valence-electron chi connectivity index (χ4n) is 2.76. The SMILES string of the molecule is CC(C)(C)c1cccc(C(C)(C)C)c1C=C1C=CC(=O)C=C1. The number of hydrogen-bond donors (Lipinski definition) is 0. The molecular formula is C21H26O. The van der Waals surface area contributed by atoms with Gasteiger partial charge in [0.2, 0.25) is 0 Å². The van der Waals surface area contributed by atoms with Crippen LogP contribution >= 0.6 is 0 Å². The second-order valence-corrected chi connectivity index (χ2v) is 7.98. The highest BCUT2D eigenvalue weighted by molar-refractivity contribution is 6.01. The first kappa shape index (κ1) is 16.5. The number of carbonyl (C=O) groups is 1. The summed E-state index contributed by atoms with van der Waals surface area (Å²) in [7, 11) is 0. The van der Waals surface area contributed by atoms with Crippen LogP contribution in [0.1, 0.15) is 58.2 Å². The Balaban J connectivity index is 2.66. The van der Waals surface area contributed by atoms with Crippen LogP contribution in [0.25, 0.3) is 6.08 Å². The molecule has 0 aliphatic heterocycles. The molecule has 0 amide bonds. The van der Waals surface area contributed by atoms with Crippen LogP contribution < -0.4 is 0 Å². The van der Waals surface area contributed by atoms with Gasteiger partial charge >= 0.3 is 0 Å². The molecule has 1 nitrogen and oxygen atoms in total. The van der Waals surface area contributed by atoms with E-state index in [1.807, 2.05) is 12.2 Å². The van der Waals surface area contributed by atoms with E-state index in [1.54, 1.807) is 12.2 Å². The Morgan fingerprint density at radius 1 is 0.773 bits per heavy atom. The summed E-state index contributed by atoms with van der Waals surface area (Å²) in [5, 5.41) is 0. The fourth-order valence-corrected chi connectivity index (χ4v) is 2.76. The van der Waals surface area contributed by atoms with Gasteiger partial charge in [0, 0.05) is 0 Å². The van der Waals surface area contributed by atoms with E-state index >= 15 is 0 Å². The third-order valence-electron chi connectivity index (χ3n) is 3.91. The summed E-state index contributed by atoms with van der Waals surface area (Å²) in [4.78, 5) is 11.3. The predicted molar refractivity (Wildman–Crippen MR) is 95.1 cm³/mol. The molecule has 2 rings (SSSR count). The lowest BCUT2D eigenvalue weighted by atomic mass is 9.76. The third kappa shape index (κ3) is 3.65. The normalized spacial score (nSPS) is 15.4. The molecule has 116 valence electrons. The first-order valence-corrected chi connectivity index (χ1v) is 7.85. The smallest absolute Gasteiger partial charge is 0.178 e. The van der Waals surface area contributed by atoms with Gasteiger partial charge in [0.25, 0.3) is 0 Å². The molecule has 1 aliphatic carbocycles. The van der Waals surface area contributed by atoms with Crippen molar-refractivity contribution in [2.75, 3.05) is 0 Å². The molecule has 0 radical (unpaired) electrons. The largest absolute Gasteiger partial charge is 0.290 e. The Labute approximate surface area is 134 Å². The fraction of sp³-hybridized carbons (Fsp3) is 0.381. The summed E-state index contributed by atoms with van der Waals surface area (Å²) in [6, 6.07) is 6.57. The molecule has 0 saturated heterocycles. The van der Waals surface area contributed by atoms with Gasteiger partial charge in [-0.15, -0.1) is 0 Å². The van der Waals surface area contributed by atoms with Crippen molar-refractivity contribution in [3.8, 4) is 0 Å². The molecule has 1 heteroatoms. The van der Waals surface area contributed by atoms with E-state index in [0.717, 1.165) is 5.57 Å². The molecule has 0 N–H and O–H groups in total. The molecule has 0 aromatic heterocycles. The van der Waals surface area contributed by atoms with Crippen LogP contribution in [-0.2, 0) is 15.6 Å². The molecule has 0 bridgehead atoms. The van der Waals surface area contributed by atoms with Crippen LogP contribution in [-0.4, -0.2) is 5.78 Å². The Kier molecular flexibility index (Phi) is 4.28. The number of ketones is 1. The Morgan fingerprint density at radius 2 is 1.23 bits per heavy atom. The Hall–Kier alpha value is -1.89. The van der Waals surface area contributed by atoms with Crippen molar-refractivity contribution in [1.82, 2.24) is 0 Å². The minimum absolute atomic E-state index is 0.0531. The number of allylic oxidation sites excluding steroid dienone is 5. The highest BCUT2D eigenvalue weighted by atomic mass is 16.1. The monoisotopic (exact) mass is 294 g/mol. The summed E-state index contributed by atoms with van der Waals surface area (Å²) >= 11 is 0. The van der Waals surface area contributed by atoms with Gasteiger partial charge in [0.05, 0.1) is 0 Å². The maximum atomic E-state index is 11.3. The summed E-state index contributed by atoms with van der Waals surface area (Å²) in [5.41, 5.74) is 5.18. The van der Waals surface area contributed by atoms with E-state index in [0.29, 0.717) is 0 Å². The van der Waals surface area contributed by atoms with Crippen LogP contribution in [0.3, 0.4) is 0 Å². The van der Waals surface area contributed by atoms with E-state index in [1.165, 1.54) is 16.7 Å². The molecule has 0 spiro atoms. The van der Waals surface area contributed by atoms with Crippen molar-refractivity contribution in [2.45, 2.75) is 52.4 Å². The first-order chi connectivity index (χ1) is 10.1. The van der Waals surface area contributed by atoms with Crippen LogP contribution in [0.5, 0.6) is 0 Å². The quantitative estimate of drug-likeness (QED) is 0.681. The molecule has 22 heavy (non-hydrogen) atoms. The van der Waals surface area contributed by atoms with Gasteiger partial charge < -0.3 is 0 Å². The van der Waals surface area contributed by atoms with Gasteiger partial charge in [-0.25, -0.2) is 0 Å². The van der Waals surface area contributed by atoms with Gasteiger partial charge in [-0.3, -0.25) is 4.79 Å². The highest BCUT2D eigenvalue weighted by Gasteiger charge is 2.24. The summed E-state index contributed by atoms with van der Waals surface area (Å²) in [6.07, 6.45) is 9.26. The van der Waals surface area contributed by atoms with Crippen LogP contribution in [0, 0.1) is 0 Å². The lowest BCUT2D eigenvalue weighted by Gasteiger charge is -2.29. The molecular weight excluding hydrogens is 268 g/mol. The van der Waals surface area contributed by atoms with E-state index < -0.39 is 0 Å². The number of rotatable bonds is 1. The zero-order valence-corrected chi connectivity index (χ0v) is 14.5. The third-order valence-corrected chi connectivity index (χ3v) is 3.91. The number of carbonyl (C=O) groups excluding carboxylic acids is 1. The summed E-state index contributed by atoms with van der Waals surface area (Å²) in [6.45, 7) is 13.5. The molecule has 0 fully saturated rings. The van der Waals surface area contributed by atoms with Gasteiger partial charge in [-0.1, -0.05) is 71.9 Å². The van der Waals surface area contributed by atoms with Crippen LogP contribution in [0.4, 0.5) is 0 Å². The second kappa shape index (κ2) is 5.72. The Bertz CT molecular complexity index is 621. The molecule has 1 aliphatic rings. The van der Waals surface area contributed by atoms with E-state index in [2.05, 4.69) is 65.8 Å². The van der Waals surface area contributed by atoms with Crippen molar-refractivity contribution >= 4 is 11.9 Å². The number of benzene rings is 1. The zero-order valence-electron chi connectivity index (χ0n) is 14.5. The summed E-state index contributed by atoms with van der Waals surface area (Å²) < 4.78 is 0. The minimum Gasteiger partial charge on any atom is -0.290 e. The zero-order chi connectivity index (χ0) is 16.5. The molecule has 0 saturated carbocycles. The first-order valence-electron chi connectivity index (χ1n) is 7.85. The van der Waals surface area contributed by atoms with Gasteiger partial charge in [-0.2, -0.15) is 0 Å². The van der Waals surface area contributed by atoms with Crippen LogP contribution in [0.2, 0.25) is 0 Å². The average molecular weight is 294 g/mol. The summed E-state index contributed by atoms with van der Waals surface area (Å²) in [5.74, 6) is 0.0531. The molecule has 0 atom stereocenters. The standard InChI is InChI=1S/C21H26O/c1-20(2,3)18-8-7-9-19(21(4,5)6)17(18)14-15-10-12-16(22)13-11-15/h7-14H,1-6H3. The predicted octanol–water partition coefficient (Wildman–Crippen LogP) is 5.36. The molecule has 0 unspecified atom stereocenters. The van der Waals surface area contributed by atoms with Crippen molar-refractivity contribution in [3.05, 3.63) is 64.8 Å². The topological polar surface area (TPSA) is 17.1 Å². The van der Waals surface area contributed by atoms with Gasteiger partial charge in [0.15, 0.2) is 5.78 Å². The highest BCUT2D eigenvalue weighted by Crippen LogP contribution is 2.35. The lowest BCUT2D eigenvalue weighted by Crippen LogP contribution is -2.19. The van der Waals surface area contributed by atoms with Crippen molar-refractivity contribution in [1.29, 1.82) is 0 Å². The van der Waals surface area contributed by atoms with E-state index in [4.69, 9.17) is 0 Å². The van der Waals surface area contributed by atoms with Gasteiger partial charge in [0.1, 0.15) is 0 Å². The van der Waals surface area contributed by atoms with Crippen molar-refractivity contribution in [3.63, 3.8) is 0 Å². The lowest BCUT2D eigenvalue weighted by molar-refractivity contribution is -0.110. The Morgan fingerprint density at radius 3 is 1.64 bits per heavy atom. The van der Waals surface area contributed by atoms with Crippen molar-refractivity contribution in [2.24, 2.45) is 0 Å². The van der Waals surface area contributed by atoms with Crippen molar-refractivity contribution < 1.29 is 4.79 Å². The van der Waals surface area contributed by atoms with E-state index in [9.17, 15) is 4.79 Å². The minimum atomic E-state index is 0.0531. The van der Waals surface area contributed by atoms with E-state index in [-0.39, 0.29) is 16.6 Å². The molecule has 1 aromatic carbocycles. The average Bonchev–Trinajstić information content (AvgIpc) is 2.39. The van der Waals surface area contributed by atoms with Gasteiger partial charge in [-0.05, 0) is 51.3 Å².